The first-order valence-corrected chi connectivity index (χ1v) is 13.0. The van der Waals surface area contributed by atoms with Gasteiger partial charge in [0.25, 0.3) is 0 Å². The molecule has 0 bridgehead atoms. The molecule has 1 aromatic heterocycles. The van der Waals surface area contributed by atoms with Crippen molar-refractivity contribution in [3.63, 3.8) is 0 Å². The van der Waals surface area contributed by atoms with Crippen LogP contribution in [-0.4, -0.2) is 11.0 Å². The van der Waals surface area contributed by atoms with Crippen LogP contribution in [0.1, 0.15) is 27.9 Å². The van der Waals surface area contributed by atoms with Crippen molar-refractivity contribution >= 4 is 45.9 Å². The van der Waals surface area contributed by atoms with E-state index >= 15 is 0 Å². The fraction of sp³-hybridized carbons (Fsp3) is 0.143. The van der Waals surface area contributed by atoms with Crippen molar-refractivity contribution in [2.75, 3.05) is 5.32 Å². The summed E-state index contributed by atoms with van der Waals surface area (Å²) in [6.07, 6.45) is -7.92. The minimum Gasteiger partial charge on any atom is -0.322 e. The second-order valence-corrected chi connectivity index (χ2v) is 10.4. The molecule has 1 heterocycles. The first-order valence-electron chi connectivity index (χ1n) is 11.6. The Labute approximate surface area is 243 Å². The van der Waals surface area contributed by atoms with Crippen LogP contribution in [0.5, 0.6) is 0 Å². The minimum absolute atomic E-state index is 0.0352. The SMILES string of the molecule is O=C(Nc1cc(C(F)(F)F)ccc1Cl)NC(Cc1ccccc1)(c1cccc(C(F)(F)F)c1)c1ccc(I)cn1. The van der Waals surface area contributed by atoms with Crippen molar-refractivity contribution in [1.82, 2.24) is 10.3 Å². The van der Waals surface area contributed by atoms with Gasteiger partial charge in [0.15, 0.2) is 0 Å². The molecule has 4 nitrogen and oxygen atoms in total. The maximum atomic E-state index is 13.7. The standard InChI is InChI=1S/C28H19ClF6IN3O/c29-22-11-9-20(28(33,34)35)14-23(22)38-25(40)39-26(15-17-5-2-1-3-6-17,24-12-10-21(36)16-37-24)18-7-4-8-19(13-18)27(30,31)32/h1-14,16H,15H2,(H2,38,39,40). The molecule has 0 saturated heterocycles. The molecule has 2 N–H and O–H groups in total. The molecule has 208 valence electrons. The Morgan fingerprint density at radius 1 is 0.800 bits per heavy atom. The maximum absolute atomic E-state index is 13.7. The molecule has 2 amide bonds. The summed E-state index contributed by atoms with van der Waals surface area (Å²) < 4.78 is 81.8. The van der Waals surface area contributed by atoms with Gasteiger partial charge in [-0.05, 0) is 76.2 Å². The van der Waals surface area contributed by atoms with E-state index in [-0.39, 0.29) is 28.4 Å². The Morgan fingerprint density at radius 2 is 1.45 bits per heavy atom. The van der Waals surface area contributed by atoms with Crippen molar-refractivity contribution in [2.24, 2.45) is 0 Å². The Kier molecular flexibility index (Phi) is 8.64. The monoisotopic (exact) mass is 689 g/mol. The summed E-state index contributed by atoms with van der Waals surface area (Å²) in [6, 6.07) is 17.8. The molecular formula is C28H19ClF6IN3O. The summed E-state index contributed by atoms with van der Waals surface area (Å²) in [5.74, 6) is 0. The van der Waals surface area contributed by atoms with Crippen molar-refractivity contribution < 1.29 is 31.1 Å². The van der Waals surface area contributed by atoms with Gasteiger partial charge < -0.3 is 10.6 Å². The number of alkyl halides is 6. The number of carbonyl (C=O) groups excluding carboxylic acids is 1. The van der Waals surface area contributed by atoms with Gasteiger partial charge in [0.2, 0.25) is 0 Å². The summed E-state index contributed by atoms with van der Waals surface area (Å²) in [7, 11) is 0. The molecule has 0 aliphatic heterocycles. The molecule has 40 heavy (non-hydrogen) atoms. The second kappa shape index (κ2) is 11.7. The summed E-state index contributed by atoms with van der Waals surface area (Å²) in [5, 5.41) is 4.88. The molecule has 0 spiro atoms. The average Bonchev–Trinajstić information content (AvgIpc) is 2.89. The van der Waals surface area contributed by atoms with Gasteiger partial charge in [-0.2, -0.15) is 26.3 Å². The average molecular weight is 690 g/mol. The zero-order valence-electron chi connectivity index (χ0n) is 20.2. The molecular weight excluding hydrogens is 671 g/mol. The predicted molar refractivity (Wildman–Crippen MR) is 148 cm³/mol. The van der Waals surface area contributed by atoms with Gasteiger partial charge in [0, 0.05) is 16.2 Å². The molecule has 1 atom stereocenters. The van der Waals surface area contributed by atoms with Crippen LogP contribution < -0.4 is 10.6 Å². The predicted octanol–water partition coefficient (Wildman–Crippen LogP) is 8.69. The lowest BCUT2D eigenvalue weighted by atomic mass is 9.80. The van der Waals surface area contributed by atoms with Gasteiger partial charge in [-0.15, -0.1) is 0 Å². The van der Waals surface area contributed by atoms with Crippen molar-refractivity contribution in [3.8, 4) is 0 Å². The first-order chi connectivity index (χ1) is 18.8. The number of nitrogens with zero attached hydrogens (tertiary/aromatic N) is 1. The molecule has 0 radical (unpaired) electrons. The molecule has 3 aromatic carbocycles. The van der Waals surface area contributed by atoms with Crippen molar-refractivity contribution in [2.45, 2.75) is 24.3 Å². The number of amides is 2. The van der Waals surface area contributed by atoms with Crippen molar-refractivity contribution in [3.05, 3.63) is 128 Å². The molecule has 4 rings (SSSR count). The number of rotatable bonds is 6. The van der Waals surface area contributed by atoms with Crippen molar-refractivity contribution in [1.29, 1.82) is 0 Å². The lowest BCUT2D eigenvalue weighted by Gasteiger charge is -2.36. The minimum atomic E-state index is -4.70. The van der Waals surface area contributed by atoms with E-state index in [9.17, 15) is 31.1 Å². The number of carbonyl (C=O) groups is 1. The van der Waals surface area contributed by atoms with E-state index in [4.69, 9.17) is 11.6 Å². The largest absolute Gasteiger partial charge is 0.416 e. The van der Waals surface area contributed by atoms with Gasteiger partial charge in [-0.25, -0.2) is 4.79 Å². The number of benzene rings is 3. The van der Waals surface area contributed by atoms with Crippen LogP contribution in [0, 0.1) is 3.57 Å². The van der Waals surface area contributed by atoms with E-state index in [1.807, 2.05) is 22.6 Å². The Morgan fingerprint density at radius 3 is 2.08 bits per heavy atom. The molecule has 0 aliphatic rings. The van der Waals surface area contributed by atoms with Gasteiger partial charge >= 0.3 is 18.4 Å². The number of pyridine rings is 1. The third-order valence-corrected chi connectivity index (χ3v) is 7.00. The second-order valence-electron chi connectivity index (χ2n) is 8.78. The van der Waals surface area contributed by atoms with Gasteiger partial charge in [-0.3, -0.25) is 4.98 Å². The quantitative estimate of drug-likeness (QED) is 0.157. The van der Waals surface area contributed by atoms with Crippen LogP contribution in [-0.2, 0) is 24.3 Å². The topological polar surface area (TPSA) is 54.0 Å². The summed E-state index contributed by atoms with van der Waals surface area (Å²) in [6.45, 7) is 0. The number of aromatic nitrogens is 1. The smallest absolute Gasteiger partial charge is 0.322 e. The highest BCUT2D eigenvalue weighted by atomic mass is 127. The Balaban J connectivity index is 1.86. The number of nitrogens with one attached hydrogen (secondary N) is 2. The van der Waals surface area contributed by atoms with Crippen LogP contribution in [0.4, 0.5) is 36.8 Å². The van der Waals surface area contributed by atoms with Gasteiger partial charge in [-0.1, -0.05) is 54.1 Å². The first kappa shape index (κ1) is 29.7. The lowest BCUT2D eigenvalue weighted by molar-refractivity contribution is -0.138. The zero-order chi connectivity index (χ0) is 29.1. The van der Waals surface area contributed by atoms with E-state index in [0.717, 1.165) is 27.8 Å². The fourth-order valence-electron chi connectivity index (χ4n) is 4.16. The Bertz CT molecular complexity index is 1500. The third kappa shape index (κ3) is 6.87. The highest BCUT2D eigenvalue weighted by Gasteiger charge is 2.40. The number of hydrogen-bond donors (Lipinski definition) is 2. The van der Waals surface area contributed by atoms with E-state index in [1.165, 1.54) is 18.3 Å². The number of anilines is 1. The van der Waals surface area contributed by atoms with Crippen LogP contribution in [0.3, 0.4) is 0 Å². The van der Waals surface area contributed by atoms with E-state index in [1.54, 1.807) is 42.5 Å². The zero-order valence-corrected chi connectivity index (χ0v) is 23.2. The molecule has 0 fully saturated rings. The van der Waals surface area contributed by atoms with Crippen LogP contribution >= 0.6 is 34.2 Å². The third-order valence-electron chi connectivity index (χ3n) is 6.03. The number of hydrogen-bond acceptors (Lipinski definition) is 2. The summed E-state index contributed by atoms with van der Waals surface area (Å²) in [4.78, 5) is 17.8. The molecule has 1 unspecified atom stereocenters. The molecule has 4 aromatic rings. The van der Waals surface area contributed by atoms with Crippen LogP contribution in [0.2, 0.25) is 5.02 Å². The summed E-state index contributed by atoms with van der Waals surface area (Å²) >= 11 is 8.08. The van der Waals surface area contributed by atoms with E-state index < -0.39 is 35.0 Å². The Hall–Kier alpha value is -3.32. The fourth-order valence-corrected chi connectivity index (χ4v) is 4.64. The lowest BCUT2D eigenvalue weighted by Crippen LogP contribution is -2.50. The van der Waals surface area contributed by atoms with Gasteiger partial charge in [0.05, 0.1) is 27.5 Å². The highest BCUT2D eigenvalue weighted by molar-refractivity contribution is 14.1. The number of halogens is 8. The van der Waals surface area contributed by atoms with Gasteiger partial charge in [0.1, 0.15) is 5.54 Å². The van der Waals surface area contributed by atoms with Crippen LogP contribution in [0.25, 0.3) is 0 Å². The number of urea groups is 1. The molecule has 0 aliphatic carbocycles. The molecule has 0 saturated carbocycles. The van der Waals surface area contributed by atoms with E-state index in [2.05, 4.69) is 15.6 Å². The van der Waals surface area contributed by atoms with Crippen LogP contribution in [0.15, 0.2) is 91.1 Å². The van der Waals surface area contributed by atoms with E-state index in [0.29, 0.717) is 11.6 Å². The normalized spacial score (nSPS) is 13.4. The summed E-state index contributed by atoms with van der Waals surface area (Å²) in [5.41, 5.74) is -3.08. The maximum Gasteiger partial charge on any atom is 0.416 e. The highest BCUT2D eigenvalue weighted by Crippen LogP contribution is 2.38. The molecule has 12 heteroatoms.